The first-order valence-corrected chi connectivity index (χ1v) is 7.09. The van der Waals surface area contributed by atoms with Gasteiger partial charge in [0.2, 0.25) is 5.91 Å². The fourth-order valence-electron chi connectivity index (χ4n) is 1.86. The van der Waals surface area contributed by atoms with Gasteiger partial charge in [0.1, 0.15) is 18.0 Å². The summed E-state index contributed by atoms with van der Waals surface area (Å²) in [6.07, 6.45) is 2.77. The quantitative estimate of drug-likeness (QED) is 0.709. The summed E-state index contributed by atoms with van der Waals surface area (Å²) < 4.78 is 0. The number of aromatic nitrogens is 2. The number of nitrogens with two attached hydrogens (primary N) is 1. The molecule has 20 heavy (non-hydrogen) atoms. The second-order valence-electron chi connectivity index (χ2n) is 5.23. The molecule has 1 rings (SSSR count). The van der Waals surface area contributed by atoms with Crippen molar-refractivity contribution >= 4 is 17.5 Å². The Hall–Kier alpha value is -1.85. The number of hydrogen-bond donors (Lipinski definition) is 3. The van der Waals surface area contributed by atoms with E-state index in [9.17, 15) is 4.79 Å². The molecule has 0 aliphatic rings. The fraction of sp³-hybridized carbons (Fsp3) is 0.643. The summed E-state index contributed by atoms with van der Waals surface area (Å²) in [5.41, 5.74) is 6.77. The molecule has 0 aromatic carbocycles. The molecule has 1 unspecified atom stereocenters. The number of nitrogens with one attached hydrogen (secondary N) is 2. The molecule has 1 amide bonds. The van der Waals surface area contributed by atoms with Gasteiger partial charge >= 0.3 is 0 Å². The Labute approximate surface area is 120 Å². The minimum atomic E-state index is 0.0416. The Morgan fingerprint density at radius 2 is 2.05 bits per heavy atom. The van der Waals surface area contributed by atoms with Gasteiger partial charge in [0.05, 0.1) is 0 Å². The fourth-order valence-corrected chi connectivity index (χ4v) is 1.86. The molecule has 6 heteroatoms. The molecule has 0 bridgehead atoms. The van der Waals surface area contributed by atoms with E-state index in [1.807, 2.05) is 27.7 Å². The summed E-state index contributed by atoms with van der Waals surface area (Å²) in [6.45, 7) is 8.64. The zero-order valence-electron chi connectivity index (χ0n) is 12.7. The van der Waals surface area contributed by atoms with Gasteiger partial charge in [-0.15, -0.1) is 0 Å². The number of carbonyl (C=O) groups is 1. The van der Waals surface area contributed by atoms with Gasteiger partial charge < -0.3 is 16.4 Å². The van der Waals surface area contributed by atoms with Gasteiger partial charge in [-0.2, -0.15) is 0 Å². The van der Waals surface area contributed by atoms with Crippen LogP contribution in [0.3, 0.4) is 0 Å². The van der Waals surface area contributed by atoms with Crippen LogP contribution >= 0.6 is 0 Å². The summed E-state index contributed by atoms with van der Waals surface area (Å²) in [7, 11) is 0. The van der Waals surface area contributed by atoms with E-state index >= 15 is 0 Å². The number of hydrogen-bond acceptors (Lipinski definition) is 5. The highest BCUT2D eigenvalue weighted by atomic mass is 16.1. The molecular weight excluding hydrogens is 254 g/mol. The second kappa shape index (κ2) is 7.67. The van der Waals surface area contributed by atoms with Crippen LogP contribution in [0.4, 0.5) is 11.6 Å². The van der Waals surface area contributed by atoms with Gasteiger partial charge in [0.15, 0.2) is 0 Å². The van der Waals surface area contributed by atoms with Crippen molar-refractivity contribution in [1.29, 1.82) is 0 Å². The zero-order chi connectivity index (χ0) is 15.1. The maximum absolute atomic E-state index is 11.7. The van der Waals surface area contributed by atoms with Gasteiger partial charge in [0, 0.05) is 24.6 Å². The zero-order valence-corrected chi connectivity index (χ0v) is 12.7. The Morgan fingerprint density at radius 1 is 1.35 bits per heavy atom. The normalized spacial score (nSPS) is 12.2. The molecule has 1 heterocycles. The van der Waals surface area contributed by atoms with E-state index in [4.69, 9.17) is 5.73 Å². The predicted octanol–water partition coefficient (Wildman–Crippen LogP) is 1.90. The van der Waals surface area contributed by atoms with Crippen LogP contribution in [0, 0.1) is 0 Å². The maximum atomic E-state index is 11.7. The van der Waals surface area contributed by atoms with E-state index in [2.05, 4.69) is 20.6 Å². The first kappa shape index (κ1) is 16.2. The van der Waals surface area contributed by atoms with Crippen molar-refractivity contribution in [3.05, 3.63) is 11.9 Å². The minimum Gasteiger partial charge on any atom is -0.383 e. The molecule has 112 valence electrons. The average molecular weight is 279 g/mol. The van der Waals surface area contributed by atoms with Crippen LogP contribution in [0.5, 0.6) is 0 Å². The minimum absolute atomic E-state index is 0.0416. The Balaban J connectivity index is 2.54. The molecule has 0 spiro atoms. The number of nitrogen functional groups attached to an aromatic ring is 1. The van der Waals surface area contributed by atoms with Crippen LogP contribution in [0.15, 0.2) is 6.33 Å². The third-order valence-corrected chi connectivity index (χ3v) is 3.16. The molecule has 6 nitrogen and oxygen atoms in total. The number of carbonyl (C=O) groups excluding carboxylic acids is 1. The summed E-state index contributed by atoms with van der Waals surface area (Å²) >= 11 is 0. The third kappa shape index (κ3) is 4.68. The maximum Gasteiger partial charge on any atom is 0.221 e. The number of nitrogens with zero attached hydrogens (tertiary/aromatic N) is 2. The van der Waals surface area contributed by atoms with Gasteiger partial charge in [-0.1, -0.05) is 20.8 Å². The first-order chi connectivity index (χ1) is 9.45. The Morgan fingerprint density at radius 3 is 2.65 bits per heavy atom. The van der Waals surface area contributed by atoms with E-state index in [-0.39, 0.29) is 17.9 Å². The number of rotatable bonds is 7. The second-order valence-corrected chi connectivity index (χ2v) is 5.23. The predicted molar refractivity (Wildman–Crippen MR) is 81.5 cm³/mol. The van der Waals surface area contributed by atoms with Crippen molar-refractivity contribution in [2.75, 3.05) is 17.6 Å². The summed E-state index contributed by atoms with van der Waals surface area (Å²) in [4.78, 5) is 19.9. The molecule has 0 radical (unpaired) electrons. The van der Waals surface area contributed by atoms with Crippen LogP contribution in [-0.4, -0.2) is 28.5 Å². The molecule has 4 N–H and O–H groups in total. The summed E-state index contributed by atoms with van der Waals surface area (Å²) in [5.74, 6) is 1.47. The molecule has 0 aliphatic carbocycles. The monoisotopic (exact) mass is 279 g/mol. The van der Waals surface area contributed by atoms with Crippen molar-refractivity contribution in [3.8, 4) is 0 Å². The molecule has 1 atom stereocenters. The highest BCUT2D eigenvalue weighted by Crippen LogP contribution is 2.25. The van der Waals surface area contributed by atoms with Crippen molar-refractivity contribution in [1.82, 2.24) is 15.3 Å². The van der Waals surface area contributed by atoms with Crippen molar-refractivity contribution < 1.29 is 4.79 Å². The number of amides is 1. The van der Waals surface area contributed by atoms with Gasteiger partial charge in [-0.25, -0.2) is 9.97 Å². The first-order valence-electron chi connectivity index (χ1n) is 7.09. The van der Waals surface area contributed by atoms with Crippen LogP contribution < -0.4 is 16.4 Å². The molecule has 0 saturated carbocycles. The lowest BCUT2D eigenvalue weighted by Crippen LogP contribution is -2.33. The van der Waals surface area contributed by atoms with E-state index in [0.29, 0.717) is 24.6 Å². The van der Waals surface area contributed by atoms with E-state index < -0.39 is 0 Å². The lowest BCUT2D eigenvalue weighted by Gasteiger charge is -2.15. The van der Waals surface area contributed by atoms with Crippen LogP contribution in [0.1, 0.15) is 52.0 Å². The SMILES string of the molecule is CCC(C)NC(=O)CCNc1ncnc(N)c1C(C)C. The summed E-state index contributed by atoms with van der Waals surface area (Å²) in [6, 6.07) is 0.211. The van der Waals surface area contributed by atoms with Gasteiger partial charge in [0.25, 0.3) is 0 Å². The summed E-state index contributed by atoms with van der Waals surface area (Å²) in [5, 5.41) is 6.09. The highest BCUT2D eigenvalue weighted by molar-refractivity contribution is 5.76. The topological polar surface area (TPSA) is 92.9 Å². The third-order valence-electron chi connectivity index (χ3n) is 3.16. The van der Waals surface area contributed by atoms with E-state index in [1.165, 1.54) is 6.33 Å². The molecule has 1 aromatic rings. The molecular formula is C14H25N5O. The largest absolute Gasteiger partial charge is 0.383 e. The van der Waals surface area contributed by atoms with Gasteiger partial charge in [-0.05, 0) is 19.3 Å². The lowest BCUT2D eigenvalue weighted by molar-refractivity contribution is -0.121. The number of anilines is 2. The van der Waals surface area contributed by atoms with E-state index in [1.54, 1.807) is 0 Å². The molecule has 0 saturated heterocycles. The average Bonchev–Trinajstić information content (AvgIpc) is 2.38. The van der Waals surface area contributed by atoms with Crippen molar-refractivity contribution in [2.45, 2.75) is 52.5 Å². The Bertz CT molecular complexity index is 447. The standard InChI is InChI=1S/C14H25N5O/c1-5-10(4)19-11(20)6-7-16-14-12(9(2)3)13(15)17-8-18-14/h8-10H,5-7H2,1-4H3,(H,19,20)(H3,15,16,17,18). The molecule has 0 fully saturated rings. The molecule has 1 aromatic heterocycles. The lowest BCUT2D eigenvalue weighted by atomic mass is 10.0. The highest BCUT2D eigenvalue weighted by Gasteiger charge is 2.13. The Kier molecular flexibility index (Phi) is 6.21. The van der Waals surface area contributed by atoms with Crippen LogP contribution in [0.2, 0.25) is 0 Å². The molecule has 0 aliphatic heterocycles. The van der Waals surface area contributed by atoms with E-state index in [0.717, 1.165) is 12.0 Å². The van der Waals surface area contributed by atoms with Crippen LogP contribution in [-0.2, 0) is 4.79 Å². The van der Waals surface area contributed by atoms with Crippen LogP contribution in [0.25, 0.3) is 0 Å². The smallest absolute Gasteiger partial charge is 0.221 e. The van der Waals surface area contributed by atoms with Crippen molar-refractivity contribution in [3.63, 3.8) is 0 Å². The van der Waals surface area contributed by atoms with Crippen molar-refractivity contribution in [2.24, 2.45) is 0 Å². The van der Waals surface area contributed by atoms with Gasteiger partial charge in [-0.3, -0.25) is 4.79 Å².